The van der Waals surface area contributed by atoms with Crippen LogP contribution in [0, 0.1) is 6.92 Å². The van der Waals surface area contributed by atoms with Gasteiger partial charge in [-0.1, -0.05) is 0 Å². The first-order valence-corrected chi connectivity index (χ1v) is 4.64. The van der Waals surface area contributed by atoms with E-state index in [1.165, 1.54) is 6.20 Å². The molecule has 0 bridgehead atoms. The molecule has 1 saturated heterocycles. The fourth-order valence-corrected chi connectivity index (χ4v) is 1.59. The smallest absolute Gasteiger partial charge is 0.291 e. The molecule has 76 valence electrons. The zero-order valence-corrected chi connectivity index (χ0v) is 8.06. The van der Waals surface area contributed by atoms with Gasteiger partial charge < -0.3 is 15.1 Å². The van der Waals surface area contributed by atoms with Crippen LogP contribution in [0.4, 0.5) is 0 Å². The van der Waals surface area contributed by atoms with Crippen molar-refractivity contribution >= 4 is 5.91 Å². The highest BCUT2D eigenvalue weighted by Crippen LogP contribution is 2.12. The molecular formula is C9H13N3O2. The molecule has 1 unspecified atom stereocenters. The maximum atomic E-state index is 11.7. The van der Waals surface area contributed by atoms with Crippen LogP contribution < -0.4 is 5.73 Å². The number of carbonyl (C=O) groups excluding carboxylic acids is 1. The number of aryl methyl sites for hydroxylation is 1. The molecule has 0 radical (unpaired) electrons. The molecular weight excluding hydrogens is 182 g/mol. The molecule has 1 atom stereocenters. The Kier molecular flexibility index (Phi) is 2.25. The van der Waals surface area contributed by atoms with E-state index >= 15 is 0 Å². The first-order chi connectivity index (χ1) is 6.66. The van der Waals surface area contributed by atoms with Gasteiger partial charge in [-0.05, 0) is 6.42 Å². The molecule has 2 heterocycles. The largest absolute Gasteiger partial charge is 0.436 e. The van der Waals surface area contributed by atoms with Crippen molar-refractivity contribution in [3.05, 3.63) is 17.8 Å². The van der Waals surface area contributed by atoms with Crippen molar-refractivity contribution < 1.29 is 9.21 Å². The van der Waals surface area contributed by atoms with Crippen LogP contribution in [0.2, 0.25) is 0 Å². The van der Waals surface area contributed by atoms with Gasteiger partial charge in [-0.15, -0.1) is 0 Å². The Morgan fingerprint density at radius 2 is 2.57 bits per heavy atom. The molecule has 2 rings (SSSR count). The van der Waals surface area contributed by atoms with Gasteiger partial charge >= 0.3 is 0 Å². The van der Waals surface area contributed by atoms with Crippen molar-refractivity contribution in [2.75, 3.05) is 13.1 Å². The number of amides is 1. The second-order valence-corrected chi connectivity index (χ2v) is 3.54. The summed E-state index contributed by atoms with van der Waals surface area (Å²) in [6.45, 7) is 3.03. The molecule has 1 amide bonds. The zero-order chi connectivity index (χ0) is 10.1. The van der Waals surface area contributed by atoms with Gasteiger partial charge in [0.05, 0.1) is 6.20 Å². The van der Waals surface area contributed by atoms with Crippen LogP contribution in [-0.4, -0.2) is 34.9 Å². The molecule has 5 heteroatoms. The standard InChI is InChI=1S/C9H13N3O2/c1-6-11-4-8(14-6)9(13)12-3-2-7(10)5-12/h4,7H,2-3,5,10H2,1H3. The minimum absolute atomic E-state index is 0.1000. The predicted octanol–water partition coefficient (Wildman–Crippen LogP) is 0.156. The van der Waals surface area contributed by atoms with Gasteiger partial charge in [0.15, 0.2) is 5.89 Å². The molecule has 0 aliphatic carbocycles. The summed E-state index contributed by atoms with van der Waals surface area (Å²) in [5.74, 6) is 0.701. The van der Waals surface area contributed by atoms with E-state index in [0.29, 0.717) is 24.7 Å². The number of hydrogen-bond donors (Lipinski definition) is 1. The van der Waals surface area contributed by atoms with E-state index in [2.05, 4.69) is 4.98 Å². The Labute approximate surface area is 81.9 Å². The Balaban J connectivity index is 2.09. The third-order valence-electron chi connectivity index (χ3n) is 2.34. The van der Waals surface area contributed by atoms with Crippen LogP contribution in [0.1, 0.15) is 22.9 Å². The highest BCUT2D eigenvalue weighted by Gasteiger charge is 2.26. The molecule has 14 heavy (non-hydrogen) atoms. The van der Waals surface area contributed by atoms with Crippen molar-refractivity contribution in [3.63, 3.8) is 0 Å². The summed E-state index contributed by atoms with van der Waals surface area (Å²) in [6, 6.07) is 0.1000. The van der Waals surface area contributed by atoms with E-state index in [4.69, 9.17) is 10.2 Å². The van der Waals surface area contributed by atoms with E-state index in [0.717, 1.165) is 6.42 Å². The first kappa shape index (κ1) is 9.21. The van der Waals surface area contributed by atoms with Crippen molar-refractivity contribution in [2.45, 2.75) is 19.4 Å². The summed E-state index contributed by atoms with van der Waals surface area (Å²) in [5, 5.41) is 0. The maximum Gasteiger partial charge on any atom is 0.291 e. The number of aromatic nitrogens is 1. The van der Waals surface area contributed by atoms with Crippen LogP contribution in [0.3, 0.4) is 0 Å². The monoisotopic (exact) mass is 195 g/mol. The van der Waals surface area contributed by atoms with Gasteiger partial charge in [0.1, 0.15) is 0 Å². The average molecular weight is 195 g/mol. The minimum Gasteiger partial charge on any atom is -0.436 e. The normalized spacial score (nSPS) is 21.6. The lowest BCUT2D eigenvalue weighted by atomic mass is 10.3. The van der Waals surface area contributed by atoms with Crippen molar-refractivity contribution in [3.8, 4) is 0 Å². The molecule has 1 aliphatic rings. The lowest BCUT2D eigenvalue weighted by molar-refractivity contribution is 0.0758. The van der Waals surface area contributed by atoms with Gasteiger partial charge in [-0.3, -0.25) is 4.79 Å². The minimum atomic E-state index is -0.112. The molecule has 5 nitrogen and oxygen atoms in total. The second kappa shape index (κ2) is 3.42. The number of oxazole rings is 1. The topological polar surface area (TPSA) is 72.4 Å². The first-order valence-electron chi connectivity index (χ1n) is 4.64. The summed E-state index contributed by atoms with van der Waals surface area (Å²) in [4.78, 5) is 17.3. The van der Waals surface area contributed by atoms with Crippen LogP contribution in [0.25, 0.3) is 0 Å². The SMILES string of the molecule is Cc1ncc(C(=O)N2CCC(N)C2)o1. The molecule has 1 fully saturated rings. The number of rotatable bonds is 1. The lowest BCUT2D eigenvalue weighted by Gasteiger charge is -2.12. The molecule has 0 saturated carbocycles. The van der Waals surface area contributed by atoms with E-state index in [1.54, 1.807) is 11.8 Å². The molecule has 1 aromatic rings. The summed E-state index contributed by atoms with van der Waals surface area (Å²) in [6.07, 6.45) is 2.32. The van der Waals surface area contributed by atoms with E-state index in [1.807, 2.05) is 0 Å². The number of hydrogen-bond acceptors (Lipinski definition) is 4. The Morgan fingerprint density at radius 1 is 1.79 bits per heavy atom. The van der Waals surface area contributed by atoms with Gasteiger partial charge in [0.2, 0.25) is 5.76 Å². The van der Waals surface area contributed by atoms with Crippen molar-refractivity contribution in [2.24, 2.45) is 5.73 Å². The lowest BCUT2D eigenvalue weighted by Crippen LogP contribution is -2.31. The third-order valence-corrected chi connectivity index (χ3v) is 2.34. The highest BCUT2D eigenvalue weighted by molar-refractivity contribution is 5.91. The van der Waals surface area contributed by atoms with Gasteiger partial charge in [-0.25, -0.2) is 4.98 Å². The maximum absolute atomic E-state index is 11.7. The van der Waals surface area contributed by atoms with Gasteiger partial charge in [0, 0.05) is 26.1 Å². The summed E-state index contributed by atoms with van der Waals surface area (Å²) >= 11 is 0. The Bertz CT molecular complexity index is 348. The molecule has 1 aromatic heterocycles. The van der Waals surface area contributed by atoms with Crippen LogP contribution in [0.15, 0.2) is 10.6 Å². The van der Waals surface area contributed by atoms with Gasteiger partial charge in [0.25, 0.3) is 5.91 Å². The fraction of sp³-hybridized carbons (Fsp3) is 0.556. The highest BCUT2D eigenvalue weighted by atomic mass is 16.4. The molecule has 2 N–H and O–H groups in total. The molecule has 0 aromatic carbocycles. The van der Waals surface area contributed by atoms with E-state index in [9.17, 15) is 4.79 Å². The predicted molar refractivity (Wildman–Crippen MR) is 49.7 cm³/mol. The summed E-state index contributed by atoms with van der Waals surface area (Å²) < 4.78 is 5.15. The third kappa shape index (κ3) is 1.63. The second-order valence-electron chi connectivity index (χ2n) is 3.54. The number of nitrogens with two attached hydrogens (primary N) is 1. The average Bonchev–Trinajstić information content (AvgIpc) is 2.73. The number of nitrogens with zero attached hydrogens (tertiary/aromatic N) is 2. The Morgan fingerprint density at radius 3 is 3.07 bits per heavy atom. The number of carbonyl (C=O) groups is 1. The van der Waals surface area contributed by atoms with E-state index < -0.39 is 0 Å². The molecule has 0 spiro atoms. The van der Waals surface area contributed by atoms with Crippen molar-refractivity contribution in [1.29, 1.82) is 0 Å². The molecule has 1 aliphatic heterocycles. The fourth-order valence-electron chi connectivity index (χ4n) is 1.59. The Hall–Kier alpha value is -1.36. The van der Waals surface area contributed by atoms with E-state index in [-0.39, 0.29) is 11.9 Å². The van der Waals surface area contributed by atoms with Gasteiger partial charge in [-0.2, -0.15) is 0 Å². The summed E-state index contributed by atoms with van der Waals surface area (Å²) in [5.41, 5.74) is 5.71. The van der Waals surface area contributed by atoms with Crippen LogP contribution in [-0.2, 0) is 0 Å². The van der Waals surface area contributed by atoms with Crippen LogP contribution in [0.5, 0.6) is 0 Å². The summed E-state index contributed by atoms with van der Waals surface area (Å²) in [7, 11) is 0. The quantitative estimate of drug-likeness (QED) is 0.692. The van der Waals surface area contributed by atoms with Crippen molar-refractivity contribution in [1.82, 2.24) is 9.88 Å². The van der Waals surface area contributed by atoms with Crippen LogP contribution >= 0.6 is 0 Å². The zero-order valence-electron chi connectivity index (χ0n) is 8.06. The number of likely N-dealkylation sites (tertiary alicyclic amines) is 1.